The van der Waals surface area contributed by atoms with Crippen LogP contribution >= 0.6 is 0 Å². The van der Waals surface area contributed by atoms with Gasteiger partial charge in [0.2, 0.25) is 0 Å². The van der Waals surface area contributed by atoms with Gasteiger partial charge in [-0.1, -0.05) is 30.3 Å². The first-order valence-electron chi connectivity index (χ1n) is 8.42. The molecule has 0 fully saturated rings. The van der Waals surface area contributed by atoms with Gasteiger partial charge in [-0.15, -0.1) is 0 Å². The second kappa shape index (κ2) is 7.81. The number of carbonyl (C=O) groups is 1. The van der Waals surface area contributed by atoms with Crippen LogP contribution in [-0.4, -0.2) is 13.0 Å². The third-order valence-electron chi connectivity index (χ3n) is 4.03. The molecule has 1 amide bonds. The molecule has 0 saturated carbocycles. The minimum Gasteiger partial charge on any atom is -0.460 e. The van der Waals surface area contributed by atoms with Crippen molar-refractivity contribution in [2.75, 3.05) is 12.4 Å². The lowest BCUT2D eigenvalue weighted by molar-refractivity contribution is -0.908. The Morgan fingerprint density at radius 3 is 2.32 bits per heavy atom. The molecule has 3 rings (SSSR count). The average molecular weight is 335 g/mol. The SMILES string of the molecule is Cc1ccc(C[NH+](C)Cc2ccc(C(=O)Nc3ccccc3)cc2)o1. The standard InChI is InChI=1S/C21H22N2O2/c1-16-8-13-20(25-16)15-23(2)14-17-9-11-18(12-10-17)21(24)22-19-6-4-3-5-7-19/h3-13H,14-15H2,1-2H3,(H,22,24)/p+1. The molecule has 25 heavy (non-hydrogen) atoms. The van der Waals surface area contributed by atoms with E-state index in [0.717, 1.165) is 30.3 Å². The number of quaternary nitrogens is 1. The predicted molar refractivity (Wildman–Crippen MR) is 98.6 cm³/mol. The van der Waals surface area contributed by atoms with Gasteiger partial charge in [0.15, 0.2) is 5.76 Å². The summed E-state index contributed by atoms with van der Waals surface area (Å²) in [6.07, 6.45) is 0. The molecule has 1 atom stereocenters. The monoisotopic (exact) mass is 335 g/mol. The molecular formula is C21H23N2O2+. The summed E-state index contributed by atoms with van der Waals surface area (Å²) in [7, 11) is 2.13. The zero-order valence-electron chi connectivity index (χ0n) is 14.6. The number of para-hydroxylation sites is 1. The number of carbonyl (C=O) groups excluding carboxylic acids is 1. The quantitative estimate of drug-likeness (QED) is 0.727. The summed E-state index contributed by atoms with van der Waals surface area (Å²) in [5.74, 6) is 1.84. The second-order valence-electron chi connectivity index (χ2n) is 6.34. The van der Waals surface area contributed by atoms with Gasteiger partial charge < -0.3 is 14.6 Å². The van der Waals surface area contributed by atoms with E-state index in [9.17, 15) is 4.79 Å². The first-order chi connectivity index (χ1) is 12.1. The maximum Gasteiger partial charge on any atom is 0.255 e. The second-order valence-corrected chi connectivity index (χ2v) is 6.34. The van der Waals surface area contributed by atoms with Crippen LogP contribution in [0.2, 0.25) is 0 Å². The lowest BCUT2D eigenvalue weighted by Crippen LogP contribution is -3.06. The summed E-state index contributed by atoms with van der Waals surface area (Å²) >= 11 is 0. The van der Waals surface area contributed by atoms with E-state index in [1.165, 1.54) is 10.5 Å². The number of hydrogen-bond acceptors (Lipinski definition) is 2. The van der Waals surface area contributed by atoms with Gasteiger partial charge in [0, 0.05) is 16.8 Å². The van der Waals surface area contributed by atoms with Gasteiger partial charge in [-0.25, -0.2) is 0 Å². The molecule has 0 aliphatic carbocycles. The molecule has 2 aromatic carbocycles. The molecular weight excluding hydrogens is 312 g/mol. The summed E-state index contributed by atoms with van der Waals surface area (Å²) < 4.78 is 5.63. The van der Waals surface area contributed by atoms with Crippen LogP contribution in [0.5, 0.6) is 0 Å². The summed E-state index contributed by atoms with van der Waals surface area (Å²) in [4.78, 5) is 13.6. The van der Waals surface area contributed by atoms with Gasteiger partial charge in [0.05, 0.1) is 7.05 Å². The molecule has 0 aliphatic rings. The fourth-order valence-corrected chi connectivity index (χ4v) is 2.79. The summed E-state index contributed by atoms with van der Waals surface area (Å²) in [5, 5.41) is 2.90. The van der Waals surface area contributed by atoms with Crippen LogP contribution in [0.3, 0.4) is 0 Å². The summed E-state index contributed by atoms with van der Waals surface area (Å²) in [6.45, 7) is 3.67. The fourth-order valence-electron chi connectivity index (χ4n) is 2.79. The number of rotatable bonds is 6. The van der Waals surface area contributed by atoms with Crippen LogP contribution in [0.1, 0.15) is 27.4 Å². The van der Waals surface area contributed by atoms with Crippen molar-refractivity contribution in [3.8, 4) is 0 Å². The number of anilines is 1. The van der Waals surface area contributed by atoms with Crippen molar-refractivity contribution >= 4 is 11.6 Å². The largest absolute Gasteiger partial charge is 0.460 e. The number of furan rings is 1. The zero-order chi connectivity index (χ0) is 17.6. The highest BCUT2D eigenvalue weighted by Gasteiger charge is 2.10. The van der Waals surface area contributed by atoms with E-state index in [0.29, 0.717) is 5.56 Å². The fraction of sp³-hybridized carbons (Fsp3) is 0.190. The number of hydrogen-bond donors (Lipinski definition) is 2. The van der Waals surface area contributed by atoms with Crippen molar-refractivity contribution < 1.29 is 14.1 Å². The van der Waals surface area contributed by atoms with E-state index in [1.54, 1.807) is 0 Å². The normalized spacial score (nSPS) is 11.9. The Labute approximate surface area is 148 Å². The first-order valence-corrected chi connectivity index (χ1v) is 8.42. The van der Waals surface area contributed by atoms with Gasteiger partial charge in [-0.3, -0.25) is 4.79 Å². The highest BCUT2D eigenvalue weighted by Crippen LogP contribution is 2.10. The molecule has 1 heterocycles. The minimum absolute atomic E-state index is 0.0930. The molecule has 0 spiro atoms. The average Bonchev–Trinajstić information content (AvgIpc) is 3.01. The van der Waals surface area contributed by atoms with E-state index >= 15 is 0 Å². The molecule has 0 saturated heterocycles. The van der Waals surface area contributed by atoms with E-state index in [1.807, 2.05) is 73.7 Å². The Balaban J connectivity index is 1.57. The van der Waals surface area contributed by atoms with Crippen LogP contribution in [0.15, 0.2) is 71.1 Å². The van der Waals surface area contributed by atoms with Crippen LogP contribution in [0, 0.1) is 6.92 Å². The van der Waals surface area contributed by atoms with Crippen molar-refractivity contribution in [1.29, 1.82) is 0 Å². The number of nitrogens with one attached hydrogen (secondary N) is 2. The molecule has 4 heteroatoms. The van der Waals surface area contributed by atoms with Gasteiger partial charge >= 0.3 is 0 Å². The van der Waals surface area contributed by atoms with E-state index in [4.69, 9.17) is 4.42 Å². The predicted octanol–water partition coefficient (Wildman–Crippen LogP) is 3.06. The van der Waals surface area contributed by atoms with E-state index in [2.05, 4.69) is 12.4 Å². The Hall–Kier alpha value is -2.85. The molecule has 4 nitrogen and oxygen atoms in total. The van der Waals surface area contributed by atoms with Crippen LogP contribution in [0.4, 0.5) is 5.69 Å². The van der Waals surface area contributed by atoms with Gasteiger partial charge in [-0.05, 0) is 43.3 Å². The van der Waals surface area contributed by atoms with Crippen LogP contribution < -0.4 is 10.2 Å². The maximum atomic E-state index is 12.3. The number of aryl methyl sites for hydroxylation is 1. The maximum absolute atomic E-state index is 12.3. The van der Waals surface area contributed by atoms with Crippen molar-refractivity contribution in [3.05, 3.63) is 89.4 Å². The van der Waals surface area contributed by atoms with E-state index in [-0.39, 0.29) is 5.91 Å². The molecule has 128 valence electrons. The Bertz CT molecular complexity index is 823. The number of amides is 1. The highest BCUT2D eigenvalue weighted by atomic mass is 16.3. The summed E-state index contributed by atoms with van der Waals surface area (Å²) in [6, 6.07) is 21.3. The number of benzene rings is 2. The van der Waals surface area contributed by atoms with Gasteiger partial charge in [0.25, 0.3) is 5.91 Å². The molecule has 1 aromatic heterocycles. The Morgan fingerprint density at radius 1 is 0.960 bits per heavy atom. The third kappa shape index (κ3) is 4.81. The molecule has 0 radical (unpaired) electrons. The van der Waals surface area contributed by atoms with Gasteiger partial charge in [0.1, 0.15) is 18.8 Å². The van der Waals surface area contributed by atoms with Gasteiger partial charge in [-0.2, -0.15) is 0 Å². The van der Waals surface area contributed by atoms with Crippen molar-refractivity contribution in [3.63, 3.8) is 0 Å². The van der Waals surface area contributed by atoms with Crippen molar-refractivity contribution in [2.24, 2.45) is 0 Å². The Kier molecular flexibility index (Phi) is 5.31. The van der Waals surface area contributed by atoms with Crippen molar-refractivity contribution in [1.82, 2.24) is 0 Å². The highest BCUT2D eigenvalue weighted by molar-refractivity contribution is 6.04. The first kappa shape index (κ1) is 17.0. The zero-order valence-corrected chi connectivity index (χ0v) is 14.6. The van der Waals surface area contributed by atoms with Crippen molar-refractivity contribution in [2.45, 2.75) is 20.0 Å². The summed E-state index contributed by atoms with van der Waals surface area (Å²) in [5.41, 5.74) is 2.65. The molecule has 2 N–H and O–H groups in total. The lowest BCUT2D eigenvalue weighted by Gasteiger charge is -2.13. The molecule has 0 bridgehead atoms. The lowest BCUT2D eigenvalue weighted by atomic mass is 10.1. The minimum atomic E-state index is -0.0930. The topological polar surface area (TPSA) is 46.7 Å². The van der Waals surface area contributed by atoms with E-state index < -0.39 is 0 Å². The molecule has 3 aromatic rings. The smallest absolute Gasteiger partial charge is 0.255 e. The Morgan fingerprint density at radius 2 is 1.68 bits per heavy atom. The third-order valence-corrected chi connectivity index (χ3v) is 4.03. The molecule has 0 aliphatic heterocycles. The van der Waals surface area contributed by atoms with Crippen LogP contribution in [-0.2, 0) is 13.1 Å². The van der Waals surface area contributed by atoms with Crippen LogP contribution in [0.25, 0.3) is 0 Å². The molecule has 1 unspecified atom stereocenters.